The number of hydrogen-bond donors (Lipinski definition) is 2. The lowest BCUT2D eigenvalue weighted by Crippen LogP contribution is -2.28. The Balaban J connectivity index is 1.65. The van der Waals surface area contributed by atoms with Crippen LogP contribution in [-0.4, -0.2) is 69.2 Å². The van der Waals surface area contributed by atoms with Gasteiger partial charge in [0.1, 0.15) is 11.4 Å². The second kappa shape index (κ2) is 12.6. The van der Waals surface area contributed by atoms with Gasteiger partial charge >= 0.3 is 6.18 Å². The predicted molar refractivity (Wildman–Crippen MR) is 150 cm³/mol. The second-order valence-electron chi connectivity index (χ2n) is 9.46. The molecule has 0 saturated carbocycles. The van der Waals surface area contributed by atoms with Crippen molar-refractivity contribution < 1.29 is 27.5 Å². The molecule has 0 aliphatic heterocycles. The number of nitrogens with one attached hydrogen (secondary N) is 2. The minimum Gasteiger partial charge on any atom is -0.494 e. The van der Waals surface area contributed by atoms with E-state index < -0.39 is 17.6 Å². The summed E-state index contributed by atoms with van der Waals surface area (Å²) < 4.78 is 50.0. The highest BCUT2D eigenvalue weighted by Crippen LogP contribution is 2.38. The van der Waals surface area contributed by atoms with Crippen LogP contribution in [0.5, 0.6) is 5.75 Å². The second-order valence-corrected chi connectivity index (χ2v) is 9.87. The number of methoxy groups -OCH3 is 1. The van der Waals surface area contributed by atoms with E-state index in [9.17, 15) is 22.8 Å². The monoisotopic (exact) mass is 604 g/mol. The highest BCUT2D eigenvalue weighted by molar-refractivity contribution is 6.32. The van der Waals surface area contributed by atoms with Gasteiger partial charge in [-0.3, -0.25) is 14.3 Å². The third kappa shape index (κ3) is 6.71. The van der Waals surface area contributed by atoms with Crippen molar-refractivity contribution in [2.75, 3.05) is 32.6 Å². The Morgan fingerprint density at radius 2 is 2.00 bits per heavy atom. The molecule has 0 saturated heterocycles. The van der Waals surface area contributed by atoms with E-state index in [0.29, 0.717) is 30.9 Å². The Morgan fingerprint density at radius 3 is 2.64 bits per heavy atom. The molecular formula is C27H28ClF3N8O3. The number of alkyl halides is 3. The van der Waals surface area contributed by atoms with Gasteiger partial charge in [0.2, 0.25) is 6.41 Å². The van der Waals surface area contributed by atoms with Crippen LogP contribution in [0.4, 0.5) is 18.9 Å². The van der Waals surface area contributed by atoms with Gasteiger partial charge in [-0.25, -0.2) is 4.68 Å². The third-order valence-corrected chi connectivity index (χ3v) is 6.89. The molecule has 4 aromatic rings. The van der Waals surface area contributed by atoms with Gasteiger partial charge in [0.25, 0.3) is 5.91 Å². The summed E-state index contributed by atoms with van der Waals surface area (Å²) in [6.07, 6.45) is -0.844. The standard InChI is InChI=1S/C27H28ClF3N8O3/c1-16-20(12-33-38(16)3)23-14-39(36-35-23)24-10-17(5-6-21(24)28)26(41)34-22-11-19(27(29,30)31)9-18(25(22)42-4)13-37(2)8-7-32-15-40/h5-6,9-12,14-15H,7-8,13H2,1-4H3,(H,32,40)(H,34,41). The first-order valence-electron chi connectivity index (χ1n) is 12.6. The summed E-state index contributed by atoms with van der Waals surface area (Å²) >= 11 is 6.41. The van der Waals surface area contributed by atoms with Crippen LogP contribution in [0.25, 0.3) is 16.9 Å². The number of likely N-dealkylation sites (N-methyl/N-ethyl adjacent to an activating group) is 1. The number of amides is 2. The van der Waals surface area contributed by atoms with E-state index in [1.54, 1.807) is 36.1 Å². The van der Waals surface area contributed by atoms with Crippen molar-refractivity contribution in [2.45, 2.75) is 19.6 Å². The number of aryl methyl sites for hydroxylation is 1. The van der Waals surface area contributed by atoms with Gasteiger partial charge in [0.15, 0.2) is 0 Å². The van der Waals surface area contributed by atoms with E-state index in [1.807, 2.05) is 6.92 Å². The summed E-state index contributed by atoms with van der Waals surface area (Å²) in [5.74, 6) is -0.614. The molecule has 0 spiro atoms. The molecule has 0 fully saturated rings. The average Bonchev–Trinajstić information content (AvgIpc) is 3.55. The molecule has 2 heterocycles. The first kappa shape index (κ1) is 30.5. The number of nitrogens with zero attached hydrogens (tertiary/aromatic N) is 6. The number of ether oxygens (including phenoxy) is 1. The van der Waals surface area contributed by atoms with Crippen molar-refractivity contribution >= 4 is 29.6 Å². The van der Waals surface area contributed by atoms with Gasteiger partial charge in [-0.05, 0) is 44.3 Å². The number of carbonyl (C=O) groups excluding carboxylic acids is 2. The molecule has 0 aliphatic rings. The number of anilines is 1. The average molecular weight is 605 g/mol. The lowest BCUT2D eigenvalue weighted by atomic mass is 10.1. The highest BCUT2D eigenvalue weighted by atomic mass is 35.5. The molecule has 42 heavy (non-hydrogen) atoms. The van der Waals surface area contributed by atoms with E-state index in [4.69, 9.17) is 16.3 Å². The fraction of sp³-hybridized carbons (Fsp3) is 0.296. The number of rotatable bonds is 11. The maximum Gasteiger partial charge on any atom is 0.416 e. The Morgan fingerprint density at radius 1 is 1.24 bits per heavy atom. The van der Waals surface area contributed by atoms with Crippen LogP contribution in [0.3, 0.4) is 0 Å². The van der Waals surface area contributed by atoms with Crippen LogP contribution in [0.1, 0.15) is 27.2 Å². The molecule has 11 nitrogen and oxygen atoms in total. The van der Waals surface area contributed by atoms with Crippen LogP contribution < -0.4 is 15.4 Å². The van der Waals surface area contributed by atoms with Crippen LogP contribution >= 0.6 is 11.6 Å². The normalized spacial score (nSPS) is 11.5. The molecule has 2 aromatic carbocycles. The molecule has 4 rings (SSSR count). The minimum atomic E-state index is -4.68. The largest absolute Gasteiger partial charge is 0.494 e. The summed E-state index contributed by atoms with van der Waals surface area (Å²) in [6, 6.07) is 6.19. The van der Waals surface area contributed by atoms with E-state index >= 15 is 0 Å². The number of benzene rings is 2. The fourth-order valence-electron chi connectivity index (χ4n) is 4.27. The van der Waals surface area contributed by atoms with E-state index in [1.165, 1.54) is 30.0 Å². The number of carbonyl (C=O) groups is 2. The van der Waals surface area contributed by atoms with Gasteiger partial charge in [-0.2, -0.15) is 18.3 Å². The molecule has 0 aliphatic carbocycles. The molecule has 2 N–H and O–H groups in total. The third-order valence-electron chi connectivity index (χ3n) is 6.57. The zero-order valence-electron chi connectivity index (χ0n) is 23.2. The van der Waals surface area contributed by atoms with Gasteiger partial charge in [0.05, 0.1) is 41.5 Å². The summed E-state index contributed by atoms with van der Waals surface area (Å²) in [6.45, 7) is 2.62. The molecule has 2 aromatic heterocycles. The van der Waals surface area contributed by atoms with Crippen molar-refractivity contribution in [3.63, 3.8) is 0 Å². The first-order chi connectivity index (χ1) is 19.9. The van der Waals surface area contributed by atoms with E-state index in [0.717, 1.165) is 23.4 Å². The maximum absolute atomic E-state index is 13.8. The molecule has 2 amide bonds. The lowest BCUT2D eigenvalue weighted by molar-refractivity contribution is -0.137. The molecular weight excluding hydrogens is 577 g/mol. The van der Waals surface area contributed by atoms with Crippen LogP contribution in [0.15, 0.2) is 42.7 Å². The Bertz CT molecular complexity index is 1600. The van der Waals surface area contributed by atoms with E-state index in [2.05, 4.69) is 26.0 Å². The smallest absolute Gasteiger partial charge is 0.416 e. The Kier molecular flexibility index (Phi) is 9.17. The maximum atomic E-state index is 13.8. The van der Waals surface area contributed by atoms with Crippen molar-refractivity contribution in [3.05, 3.63) is 70.1 Å². The SMILES string of the molecule is COc1c(CN(C)CCNC=O)cc(C(F)(F)F)cc1NC(=O)c1ccc(Cl)c(-n2cc(-c3cnn(C)c3C)nn2)c1. The molecule has 0 unspecified atom stereocenters. The summed E-state index contributed by atoms with van der Waals surface area (Å²) in [5, 5.41) is 17.9. The Labute approximate surface area is 244 Å². The summed E-state index contributed by atoms with van der Waals surface area (Å²) in [7, 11) is 4.80. The van der Waals surface area contributed by atoms with Crippen molar-refractivity contribution in [2.24, 2.45) is 7.05 Å². The highest BCUT2D eigenvalue weighted by Gasteiger charge is 2.33. The summed E-state index contributed by atoms with van der Waals surface area (Å²) in [4.78, 5) is 25.6. The molecule has 0 atom stereocenters. The topological polar surface area (TPSA) is 119 Å². The van der Waals surface area contributed by atoms with E-state index in [-0.39, 0.29) is 34.1 Å². The molecule has 15 heteroatoms. The minimum absolute atomic E-state index is 0.0621. The van der Waals surface area contributed by atoms with Crippen molar-refractivity contribution in [1.82, 2.24) is 35.0 Å². The van der Waals surface area contributed by atoms with Crippen molar-refractivity contribution in [1.29, 1.82) is 0 Å². The van der Waals surface area contributed by atoms with Crippen LogP contribution in [0.2, 0.25) is 5.02 Å². The predicted octanol–water partition coefficient (Wildman–Crippen LogP) is 4.09. The van der Waals surface area contributed by atoms with Gasteiger partial charge in [-0.1, -0.05) is 16.8 Å². The van der Waals surface area contributed by atoms with Crippen LogP contribution in [-0.2, 0) is 24.6 Å². The van der Waals surface area contributed by atoms with Crippen LogP contribution in [0, 0.1) is 6.92 Å². The number of hydrogen-bond acceptors (Lipinski definition) is 7. The lowest BCUT2D eigenvalue weighted by Gasteiger charge is -2.22. The van der Waals surface area contributed by atoms with Crippen molar-refractivity contribution in [3.8, 4) is 22.7 Å². The number of halogens is 4. The molecule has 0 bridgehead atoms. The fourth-order valence-corrected chi connectivity index (χ4v) is 4.47. The quantitative estimate of drug-likeness (QED) is 0.196. The zero-order chi connectivity index (χ0) is 30.6. The molecule has 222 valence electrons. The number of aromatic nitrogens is 5. The first-order valence-corrected chi connectivity index (χ1v) is 13.0. The molecule has 0 radical (unpaired) electrons. The van der Waals surface area contributed by atoms with Gasteiger partial charge < -0.3 is 20.3 Å². The zero-order valence-corrected chi connectivity index (χ0v) is 23.9. The van der Waals surface area contributed by atoms with Gasteiger partial charge in [0, 0.05) is 49.1 Å². The summed E-state index contributed by atoms with van der Waals surface area (Å²) in [5.41, 5.74) is 1.73. The Hall–Kier alpha value is -4.43. The van der Waals surface area contributed by atoms with Gasteiger partial charge in [-0.15, -0.1) is 5.10 Å².